The number of fused-ring (bicyclic) bond motifs is 1. The monoisotopic (exact) mass is 413 g/mol. The predicted octanol–water partition coefficient (Wildman–Crippen LogP) is 3.27. The quantitative estimate of drug-likeness (QED) is 0.753. The van der Waals surface area contributed by atoms with Crippen molar-refractivity contribution in [3.8, 4) is 5.75 Å². The summed E-state index contributed by atoms with van der Waals surface area (Å²) >= 11 is 0. The van der Waals surface area contributed by atoms with Crippen LogP contribution in [0.25, 0.3) is 0 Å². The van der Waals surface area contributed by atoms with E-state index in [1.54, 1.807) is 0 Å². The Morgan fingerprint density at radius 3 is 2.29 bits per heavy atom. The molecule has 0 bridgehead atoms. The highest BCUT2D eigenvalue weighted by molar-refractivity contribution is 5.98. The normalized spacial score (nSPS) is 28.0. The molecule has 5 nitrogen and oxygen atoms in total. The molecule has 2 fully saturated rings. The van der Waals surface area contributed by atoms with E-state index in [4.69, 9.17) is 0 Å². The number of rotatable bonds is 5. The first-order valence-corrected chi connectivity index (χ1v) is 8.39. The number of halogens is 6. The van der Waals surface area contributed by atoms with Gasteiger partial charge in [0.25, 0.3) is 0 Å². The first-order chi connectivity index (χ1) is 12.9. The van der Waals surface area contributed by atoms with Gasteiger partial charge in [-0.05, 0) is 43.0 Å². The summed E-state index contributed by atoms with van der Waals surface area (Å²) in [6.45, 7) is -1.78. The molecule has 3 rings (SSSR count). The molecule has 1 aliphatic carbocycles. The third-order valence-corrected chi connectivity index (χ3v) is 4.83. The van der Waals surface area contributed by atoms with Gasteiger partial charge in [-0.3, -0.25) is 4.79 Å². The predicted molar refractivity (Wildman–Crippen MR) is 83.5 cm³/mol. The molecule has 3 atom stereocenters. The van der Waals surface area contributed by atoms with Crippen LogP contribution in [0.15, 0.2) is 24.3 Å². The summed E-state index contributed by atoms with van der Waals surface area (Å²) in [4.78, 5) is 14.0. The van der Waals surface area contributed by atoms with Crippen molar-refractivity contribution < 1.29 is 45.7 Å². The van der Waals surface area contributed by atoms with Crippen molar-refractivity contribution in [1.29, 1.82) is 0 Å². The van der Waals surface area contributed by atoms with Crippen LogP contribution in [0.3, 0.4) is 0 Å². The van der Waals surface area contributed by atoms with Crippen molar-refractivity contribution >= 4 is 11.6 Å². The fourth-order valence-electron chi connectivity index (χ4n) is 3.83. The van der Waals surface area contributed by atoms with Gasteiger partial charge in [0, 0.05) is 18.2 Å². The van der Waals surface area contributed by atoms with Crippen LogP contribution in [0.1, 0.15) is 12.8 Å². The van der Waals surface area contributed by atoms with E-state index in [9.17, 15) is 36.2 Å². The Morgan fingerprint density at radius 2 is 1.75 bits per heavy atom. The molecule has 1 saturated heterocycles. The van der Waals surface area contributed by atoms with Gasteiger partial charge in [-0.2, -0.15) is 13.2 Å². The summed E-state index contributed by atoms with van der Waals surface area (Å²) in [6.07, 6.45) is -9.24. The Hall–Kier alpha value is -2.01. The molecule has 156 valence electrons. The van der Waals surface area contributed by atoms with Gasteiger partial charge in [0.1, 0.15) is 12.4 Å². The van der Waals surface area contributed by atoms with Crippen molar-refractivity contribution in [2.24, 2.45) is 11.8 Å². The highest BCUT2D eigenvalue weighted by Gasteiger charge is 2.53. The van der Waals surface area contributed by atoms with E-state index >= 15 is 0 Å². The third-order valence-electron chi connectivity index (χ3n) is 4.83. The fraction of sp³-hybridized carbons (Fsp3) is 0.588. The number of alkyl halides is 6. The van der Waals surface area contributed by atoms with Gasteiger partial charge in [0.2, 0.25) is 5.91 Å². The van der Waals surface area contributed by atoms with Gasteiger partial charge in [-0.15, -0.1) is 13.2 Å². The number of hydrogen-bond acceptors (Lipinski definition) is 4. The lowest BCUT2D eigenvalue weighted by Gasteiger charge is -2.26. The Balaban J connectivity index is 1.60. The lowest BCUT2D eigenvalue weighted by atomic mass is 10.0. The van der Waals surface area contributed by atoms with Crippen molar-refractivity contribution in [2.45, 2.75) is 31.0 Å². The van der Waals surface area contributed by atoms with Crippen LogP contribution < -0.4 is 9.64 Å². The van der Waals surface area contributed by atoms with E-state index in [1.165, 1.54) is 17.0 Å². The van der Waals surface area contributed by atoms with Crippen LogP contribution in [-0.2, 0) is 9.53 Å². The highest BCUT2D eigenvalue weighted by atomic mass is 19.4. The van der Waals surface area contributed by atoms with Gasteiger partial charge in [0.15, 0.2) is 0 Å². The average molecular weight is 413 g/mol. The molecule has 1 aromatic carbocycles. The number of carbonyl (C=O) groups is 1. The van der Waals surface area contributed by atoms with Crippen LogP contribution in [-0.4, -0.2) is 48.9 Å². The summed E-state index contributed by atoms with van der Waals surface area (Å²) < 4.78 is 81.4. The van der Waals surface area contributed by atoms with E-state index < -0.39 is 43.0 Å². The molecule has 11 heteroatoms. The molecule has 0 radical (unpaired) electrons. The smallest absolute Gasteiger partial charge is 0.406 e. The van der Waals surface area contributed by atoms with Gasteiger partial charge in [-0.25, -0.2) is 0 Å². The Kier molecular flexibility index (Phi) is 5.26. The standard InChI is InChI=1S/C17H17F6NO4/c18-16(19,20)9-27-8-15(26)5-10-7-24(14(25)13(10)6-15)11-1-3-12(4-2-11)28-17(21,22)23/h1-4,10,13,26H,5-9H2. The zero-order valence-electron chi connectivity index (χ0n) is 14.4. The lowest BCUT2D eigenvalue weighted by molar-refractivity contribution is -0.274. The Labute approximate surface area is 155 Å². The van der Waals surface area contributed by atoms with Crippen molar-refractivity contribution in [1.82, 2.24) is 0 Å². The van der Waals surface area contributed by atoms with Gasteiger partial charge in [0.05, 0.1) is 12.2 Å². The molecular weight excluding hydrogens is 396 g/mol. The molecule has 3 unspecified atom stereocenters. The summed E-state index contributed by atoms with van der Waals surface area (Å²) in [7, 11) is 0. The Bertz CT molecular complexity index is 720. The molecule has 0 spiro atoms. The molecule has 1 aliphatic heterocycles. The molecule has 28 heavy (non-hydrogen) atoms. The van der Waals surface area contributed by atoms with Crippen molar-refractivity contribution in [2.75, 3.05) is 24.7 Å². The molecule has 1 N–H and O–H groups in total. The number of carbonyl (C=O) groups excluding carboxylic acids is 1. The van der Waals surface area contributed by atoms with Gasteiger partial charge >= 0.3 is 12.5 Å². The van der Waals surface area contributed by atoms with E-state index in [1.807, 2.05) is 0 Å². The number of anilines is 1. The lowest BCUT2D eigenvalue weighted by Crippen LogP contribution is -2.37. The number of hydrogen-bond donors (Lipinski definition) is 1. The minimum atomic E-state index is -4.82. The first kappa shape index (κ1) is 20.7. The summed E-state index contributed by atoms with van der Waals surface area (Å²) in [5.74, 6) is -1.61. The number of benzene rings is 1. The molecule has 1 heterocycles. The maximum atomic E-state index is 12.6. The third kappa shape index (κ3) is 4.88. The highest BCUT2D eigenvalue weighted by Crippen LogP contribution is 2.46. The first-order valence-electron chi connectivity index (χ1n) is 8.39. The molecule has 2 aliphatic rings. The van der Waals surface area contributed by atoms with E-state index in [0.717, 1.165) is 12.1 Å². The largest absolute Gasteiger partial charge is 0.573 e. The van der Waals surface area contributed by atoms with E-state index in [2.05, 4.69) is 9.47 Å². The zero-order valence-corrected chi connectivity index (χ0v) is 14.4. The molecular formula is C17H17F6NO4. The van der Waals surface area contributed by atoms with Gasteiger partial charge in [-0.1, -0.05) is 0 Å². The maximum absolute atomic E-state index is 12.6. The van der Waals surface area contributed by atoms with Crippen LogP contribution in [0.4, 0.5) is 32.0 Å². The van der Waals surface area contributed by atoms with Crippen molar-refractivity contribution in [3.05, 3.63) is 24.3 Å². The van der Waals surface area contributed by atoms with Gasteiger partial charge < -0.3 is 19.5 Å². The second kappa shape index (κ2) is 7.11. The van der Waals surface area contributed by atoms with E-state index in [0.29, 0.717) is 5.69 Å². The maximum Gasteiger partial charge on any atom is 0.573 e. The van der Waals surface area contributed by atoms with Crippen molar-refractivity contribution in [3.63, 3.8) is 0 Å². The number of amides is 1. The van der Waals surface area contributed by atoms with Crippen LogP contribution in [0.5, 0.6) is 5.75 Å². The second-order valence-corrected chi connectivity index (χ2v) is 7.10. The summed E-state index contributed by atoms with van der Waals surface area (Å²) in [5.41, 5.74) is -1.13. The second-order valence-electron chi connectivity index (χ2n) is 7.10. The zero-order chi connectivity index (χ0) is 20.7. The van der Waals surface area contributed by atoms with Crippen LogP contribution in [0.2, 0.25) is 0 Å². The fourth-order valence-corrected chi connectivity index (χ4v) is 3.83. The minimum absolute atomic E-state index is 0.0277. The van der Waals surface area contributed by atoms with Crippen LogP contribution >= 0.6 is 0 Å². The summed E-state index contributed by atoms with van der Waals surface area (Å²) in [6, 6.07) is 4.81. The minimum Gasteiger partial charge on any atom is -0.406 e. The number of nitrogens with zero attached hydrogens (tertiary/aromatic N) is 1. The molecule has 1 aromatic rings. The number of aliphatic hydroxyl groups is 1. The van der Waals surface area contributed by atoms with E-state index in [-0.39, 0.29) is 31.2 Å². The topological polar surface area (TPSA) is 59.0 Å². The molecule has 1 amide bonds. The number of ether oxygens (including phenoxy) is 2. The SMILES string of the molecule is O=C1C2CC(O)(COCC(F)(F)F)CC2CN1c1ccc(OC(F)(F)F)cc1. The van der Waals surface area contributed by atoms with Crippen LogP contribution in [0, 0.1) is 11.8 Å². The average Bonchev–Trinajstić information content (AvgIpc) is 3.00. The summed E-state index contributed by atoms with van der Waals surface area (Å²) in [5, 5.41) is 10.4. The molecule has 1 saturated carbocycles. The Morgan fingerprint density at radius 1 is 1.11 bits per heavy atom. The molecule has 0 aromatic heterocycles.